The maximum atomic E-state index is 12.4. The fourth-order valence-corrected chi connectivity index (χ4v) is 3.10. The fourth-order valence-electron chi connectivity index (χ4n) is 3.10. The second kappa shape index (κ2) is 7.98. The third kappa shape index (κ3) is 4.69. The van der Waals surface area contributed by atoms with Gasteiger partial charge in [0.05, 0.1) is 25.3 Å². The summed E-state index contributed by atoms with van der Waals surface area (Å²) in [7, 11) is 0. The number of carbonyl (C=O) groups is 1. The van der Waals surface area contributed by atoms with Crippen LogP contribution in [0.15, 0.2) is 44.5 Å². The first-order valence-electron chi connectivity index (χ1n) is 8.44. The lowest BCUT2D eigenvalue weighted by atomic mass is 9.97. The predicted octanol–water partition coefficient (Wildman–Crippen LogP) is 0.158. The smallest absolute Gasteiger partial charge is 0.265 e. The number of H-pyrrole nitrogens is 1. The molecular formula is C17H22N4O4. The van der Waals surface area contributed by atoms with Gasteiger partial charge in [0.15, 0.2) is 0 Å². The molecule has 0 saturated carbocycles. The van der Waals surface area contributed by atoms with Crippen molar-refractivity contribution in [1.29, 1.82) is 0 Å². The Morgan fingerprint density at radius 3 is 3.00 bits per heavy atom. The van der Waals surface area contributed by atoms with Crippen LogP contribution in [0.5, 0.6) is 0 Å². The Labute approximate surface area is 144 Å². The van der Waals surface area contributed by atoms with E-state index in [-0.39, 0.29) is 29.5 Å². The summed E-state index contributed by atoms with van der Waals surface area (Å²) in [6.07, 6.45) is 3.46. The van der Waals surface area contributed by atoms with Crippen molar-refractivity contribution in [3.63, 3.8) is 0 Å². The normalized spacial score (nSPS) is 18.2. The Morgan fingerprint density at radius 1 is 1.32 bits per heavy atom. The molecule has 1 aliphatic heterocycles. The molecule has 1 unspecified atom stereocenters. The molecule has 1 atom stereocenters. The number of hydrogen-bond acceptors (Lipinski definition) is 5. The van der Waals surface area contributed by atoms with Crippen molar-refractivity contribution in [2.24, 2.45) is 5.92 Å². The number of hydrogen-bond donors (Lipinski definition) is 2. The molecular weight excluding hydrogens is 324 g/mol. The van der Waals surface area contributed by atoms with Crippen molar-refractivity contribution in [3.05, 3.63) is 57.0 Å². The highest BCUT2D eigenvalue weighted by Gasteiger charge is 2.25. The summed E-state index contributed by atoms with van der Waals surface area (Å²) < 4.78 is 6.56. The van der Waals surface area contributed by atoms with Gasteiger partial charge in [0.2, 0.25) is 5.91 Å². The van der Waals surface area contributed by atoms with Crippen LogP contribution in [-0.4, -0.2) is 40.2 Å². The summed E-state index contributed by atoms with van der Waals surface area (Å²) in [4.78, 5) is 37.4. The van der Waals surface area contributed by atoms with E-state index in [1.165, 1.54) is 16.8 Å². The van der Waals surface area contributed by atoms with Crippen LogP contribution in [0.25, 0.3) is 0 Å². The second-order valence-corrected chi connectivity index (χ2v) is 6.24. The van der Waals surface area contributed by atoms with Gasteiger partial charge < -0.3 is 9.73 Å². The van der Waals surface area contributed by atoms with Gasteiger partial charge in [-0.3, -0.25) is 24.4 Å². The Hall–Kier alpha value is -2.61. The van der Waals surface area contributed by atoms with Gasteiger partial charge in [-0.2, -0.15) is 0 Å². The highest BCUT2D eigenvalue weighted by atomic mass is 16.3. The number of nitrogens with one attached hydrogen (secondary N) is 2. The first-order valence-corrected chi connectivity index (χ1v) is 8.44. The van der Waals surface area contributed by atoms with Crippen molar-refractivity contribution in [1.82, 2.24) is 20.0 Å². The molecule has 2 N–H and O–H groups in total. The molecule has 8 nitrogen and oxygen atoms in total. The van der Waals surface area contributed by atoms with Gasteiger partial charge in [-0.05, 0) is 31.5 Å². The average Bonchev–Trinajstić information content (AvgIpc) is 3.11. The number of aromatic amines is 1. The van der Waals surface area contributed by atoms with Gasteiger partial charge in [-0.15, -0.1) is 0 Å². The minimum absolute atomic E-state index is 0.0181. The van der Waals surface area contributed by atoms with Crippen LogP contribution in [0.3, 0.4) is 0 Å². The number of likely N-dealkylation sites (tertiary alicyclic amines) is 1. The molecule has 25 heavy (non-hydrogen) atoms. The van der Waals surface area contributed by atoms with Crippen LogP contribution in [-0.2, 0) is 17.9 Å². The third-order valence-electron chi connectivity index (χ3n) is 4.36. The molecule has 0 aliphatic carbocycles. The van der Waals surface area contributed by atoms with E-state index in [0.29, 0.717) is 19.6 Å². The molecule has 0 spiro atoms. The Bertz CT molecular complexity index is 809. The zero-order valence-electron chi connectivity index (χ0n) is 13.9. The van der Waals surface area contributed by atoms with Gasteiger partial charge in [0, 0.05) is 25.2 Å². The van der Waals surface area contributed by atoms with Crippen LogP contribution < -0.4 is 16.4 Å². The maximum absolute atomic E-state index is 12.4. The van der Waals surface area contributed by atoms with Crippen LogP contribution in [0.4, 0.5) is 0 Å². The summed E-state index contributed by atoms with van der Waals surface area (Å²) in [6, 6.07) is 6.20. The van der Waals surface area contributed by atoms with E-state index < -0.39 is 0 Å². The molecule has 134 valence electrons. The molecule has 1 saturated heterocycles. The van der Waals surface area contributed by atoms with Gasteiger partial charge in [0.25, 0.3) is 11.1 Å². The van der Waals surface area contributed by atoms with Crippen molar-refractivity contribution < 1.29 is 9.21 Å². The molecule has 1 aliphatic rings. The topological polar surface area (TPSA) is 100 Å². The third-order valence-corrected chi connectivity index (χ3v) is 4.36. The van der Waals surface area contributed by atoms with E-state index in [4.69, 9.17) is 4.42 Å². The van der Waals surface area contributed by atoms with E-state index in [0.717, 1.165) is 25.1 Å². The van der Waals surface area contributed by atoms with Crippen molar-refractivity contribution in [2.45, 2.75) is 25.9 Å². The molecule has 0 bridgehead atoms. The molecule has 8 heteroatoms. The lowest BCUT2D eigenvalue weighted by Crippen LogP contribution is -2.43. The van der Waals surface area contributed by atoms with Gasteiger partial charge in [-0.1, -0.05) is 0 Å². The summed E-state index contributed by atoms with van der Waals surface area (Å²) in [5.41, 5.74) is -0.636. The van der Waals surface area contributed by atoms with Crippen LogP contribution in [0.1, 0.15) is 18.6 Å². The quantitative estimate of drug-likeness (QED) is 0.776. The molecule has 2 aromatic rings. The maximum Gasteiger partial charge on any atom is 0.265 e. The van der Waals surface area contributed by atoms with Crippen LogP contribution in [0, 0.1) is 5.92 Å². The van der Waals surface area contributed by atoms with Crippen LogP contribution in [0.2, 0.25) is 0 Å². The number of carbonyl (C=O) groups excluding carboxylic acids is 1. The minimum Gasteiger partial charge on any atom is -0.468 e. The molecule has 1 fully saturated rings. The van der Waals surface area contributed by atoms with Crippen molar-refractivity contribution in [3.8, 4) is 0 Å². The number of nitrogens with zero attached hydrogens (tertiary/aromatic N) is 2. The summed E-state index contributed by atoms with van der Waals surface area (Å²) in [5.74, 6) is 0.805. The van der Waals surface area contributed by atoms with Crippen LogP contribution >= 0.6 is 0 Å². The van der Waals surface area contributed by atoms with E-state index in [9.17, 15) is 14.4 Å². The summed E-state index contributed by atoms with van der Waals surface area (Å²) in [6.45, 7) is 2.88. The van der Waals surface area contributed by atoms with Gasteiger partial charge in [-0.25, -0.2) is 4.68 Å². The number of amides is 1. The molecule has 0 radical (unpaired) electrons. The minimum atomic E-state index is -0.341. The highest BCUT2D eigenvalue weighted by molar-refractivity contribution is 5.78. The summed E-state index contributed by atoms with van der Waals surface area (Å²) in [5, 5.41) is 5.30. The first-order chi connectivity index (χ1) is 12.1. The Morgan fingerprint density at radius 2 is 2.20 bits per heavy atom. The molecule has 2 aromatic heterocycles. The van der Waals surface area contributed by atoms with E-state index in [1.54, 1.807) is 6.26 Å². The van der Waals surface area contributed by atoms with E-state index in [1.807, 2.05) is 12.1 Å². The highest BCUT2D eigenvalue weighted by Crippen LogP contribution is 2.18. The zero-order valence-corrected chi connectivity index (χ0v) is 13.9. The van der Waals surface area contributed by atoms with Gasteiger partial charge in [0.1, 0.15) is 5.76 Å². The number of rotatable bonds is 6. The SMILES string of the molecule is O=C(NCCn1[nH]c(=O)ccc1=O)C1CCCN(Cc2ccco2)C1. The van der Waals surface area contributed by atoms with E-state index >= 15 is 0 Å². The van der Waals surface area contributed by atoms with E-state index in [2.05, 4.69) is 15.3 Å². The largest absolute Gasteiger partial charge is 0.468 e. The van der Waals surface area contributed by atoms with Crippen molar-refractivity contribution in [2.75, 3.05) is 19.6 Å². The monoisotopic (exact) mass is 346 g/mol. The Balaban J connectivity index is 1.48. The molecule has 0 aromatic carbocycles. The first kappa shape index (κ1) is 17.2. The average molecular weight is 346 g/mol. The molecule has 3 heterocycles. The standard InChI is InChI=1S/C17H22N4O4/c22-15-5-6-16(23)21(19-15)9-7-18-17(24)13-3-1-8-20(11-13)12-14-4-2-10-25-14/h2,4-6,10,13H,1,3,7-9,11-12H2,(H,18,24)(H,19,22). The number of piperidine rings is 1. The zero-order chi connectivity index (χ0) is 17.6. The second-order valence-electron chi connectivity index (χ2n) is 6.24. The number of aromatic nitrogens is 2. The fraction of sp³-hybridized carbons (Fsp3) is 0.471. The molecule has 3 rings (SSSR count). The lowest BCUT2D eigenvalue weighted by molar-refractivity contribution is -0.126. The summed E-state index contributed by atoms with van der Waals surface area (Å²) >= 11 is 0. The number of furan rings is 1. The Kier molecular flexibility index (Phi) is 5.49. The molecule has 1 amide bonds. The predicted molar refractivity (Wildman–Crippen MR) is 91.0 cm³/mol. The van der Waals surface area contributed by atoms with Gasteiger partial charge >= 0.3 is 0 Å². The lowest BCUT2D eigenvalue weighted by Gasteiger charge is -2.31. The van der Waals surface area contributed by atoms with Crippen molar-refractivity contribution >= 4 is 5.91 Å².